The van der Waals surface area contributed by atoms with Gasteiger partial charge in [0.25, 0.3) is 0 Å². The van der Waals surface area contributed by atoms with Crippen molar-refractivity contribution in [2.45, 2.75) is 38.4 Å². The standard InChI is InChI=1S/C8H15BrO2/c1-4-8(5-2,6(3)9)7(10)11/h6H,4-5H2,1-3H3,(H,10,11). The summed E-state index contributed by atoms with van der Waals surface area (Å²) in [6.45, 7) is 5.71. The van der Waals surface area contributed by atoms with Gasteiger partial charge in [0.1, 0.15) is 0 Å². The van der Waals surface area contributed by atoms with Crippen LogP contribution in [0.3, 0.4) is 0 Å². The summed E-state index contributed by atoms with van der Waals surface area (Å²) in [5.74, 6) is -0.702. The Hall–Kier alpha value is -0.0500. The van der Waals surface area contributed by atoms with Gasteiger partial charge in [-0.15, -0.1) is 0 Å². The number of carboxylic acids is 1. The summed E-state index contributed by atoms with van der Waals surface area (Å²) in [5, 5.41) is 8.96. The smallest absolute Gasteiger partial charge is 0.310 e. The lowest BCUT2D eigenvalue weighted by Crippen LogP contribution is -2.36. The van der Waals surface area contributed by atoms with Crippen LogP contribution < -0.4 is 0 Å². The van der Waals surface area contributed by atoms with Crippen LogP contribution in [0, 0.1) is 5.41 Å². The SMILES string of the molecule is CCC(CC)(C(=O)O)C(C)Br. The Morgan fingerprint density at radius 1 is 1.55 bits per heavy atom. The Bertz CT molecular complexity index is 139. The maximum Gasteiger partial charge on any atom is 0.310 e. The molecule has 0 fully saturated rings. The van der Waals surface area contributed by atoms with Crippen molar-refractivity contribution in [3.63, 3.8) is 0 Å². The van der Waals surface area contributed by atoms with Crippen LogP contribution in [-0.2, 0) is 4.79 Å². The Kier molecular flexibility index (Phi) is 4.08. The number of carboxylic acid groups (broad SMARTS) is 1. The molecule has 1 unspecified atom stereocenters. The van der Waals surface area contributed by atoms with E-state index in [1.807, 2.05) is 20.8 Å². The van der Waals surface area contributed by atoms with E-state index in [9.17, 15) is 4.79 Å². The zero-order valence-corrected chi connectivity index (χ0v) is 8.81. The zero-order valence-electron chi connectivity index (χ0n) is 7.22. The van der Waals surface area contributed by atoms with E-state index in [1.54, 1.807) is 0 Å². The molecular formula is C8H15BrO2. The average Bonchev–Trinajstić information content (AvgIpc) is 1.90. The highest BCUT2D eigenvalue weighted by atomic mass is 79.9. The molecule has 66 valence electrons. The van der Waals surface area contributed by atoms with Crippen LogP contribution in [0.2, 0.25) is 0 Å². The molecule has 2 nitrogen and oxygen atoms in total. The first-order valence-corrected chi connectivity index (χ1v) is 4.80. The second-order valence-corrected chi connectivity index (χ2v) is 4.16. The van der Waals surface area contributed by atoms with Crippen LogP contribution >= 0.6 is 15.9 Å². The third-order valence-electron chi connectivity index (χ3n) is 2.45. The van der Waals surface area contributed by atoms with Gasteiger partial charge in [-0.05, 0) is 12.8 Å². The van der Waals surface area contributed by atoms with Gasteiger partial charge < -0.3 is 5.11 Å². The average molecular weight is 223 g/mol. The van der Waals surface area contributed by atoms with Crippen molar-refractivity contribution in [2.75, 3.05) is 0 Å². The Balaban J connectivity index is 4.61. The summed E-state index contributed by atoms with van der Waals surface area (Å²) in [6.07, 6.45) is 1.34. The molecule has 0 aliphatic heterocycles. The molecule has 1 atom stereocenters. The van der Waals surface area contributed by atoms with Crippen molar-refractivity contribution < 1.29 is 9.90 Å². The Labute approximate surface area is 76.1 Å². The summed E-state index contributed by atoms with van der Waals surface area (Å²) >= 11 is 3.34. The molecule has 1 N–H and O–H groups in total. The third kappa shape index (κ3) is 1.95. The van der Waals surface area contributed by atoms with Gasteiger partial charge in [-0.25, -0.2) is 0 Å². The molecule has 11 heavy (non-hydrogen) atoms. The lowest BCUT2D eigenvalue weighted by molar-refractivity contribution is -0.149. The summed E-state index contributed by atoms with van der Waals surface area (Å²) in [5.41, 5.74) is -0.583. The summed E-state index contributed by atoms with van der Waals surface area (Å²) in [6, 6.07) is 0. The highest BCUT2D eigenvalue weighted by molar-refractivity contribution is 9.09. The van der Waals surface area contributed by atoms with Crippen molar-refractivity contribution in [1.82, 2.24) is 0 Å². The number of hydrogen-bond acceptors (Lipinski definition) is 1. The van der Waals surface area contributed by atoms with Gasteiger partial charge in [-0.1, -0.05) is 36.7 Å². The first-order chi connectivity index (χ1) is 5.01. The molecule has 0 rings (SSSR count). The van der Waals surface area contributed by atoms with E-state index in [0.29, 0.717) is 12.8 Å². The van der Waals surface area contributed by atoms with E-state index in [0.717, 1.165) is 0 Å². The molecule has 0 aliphatic rings. The lowest BCUT2D eigenvalue weighted by atomic mass is 9.80. The maximum absolute atomic E-state index is 10.9. The van der Waals surface area contributed by atoms with Gasteiger partial charge in [0.2, 0.25) is 0 Å². The number of hydrogen-bond donors (Lipinski definition) is 1. The van der Waals surface area contributed by atoms with Gasteiger partial charge in [-0.2, -0.15) is 0 Å². The molecule has 0 aromatic heterocycles. The molecule has 0 spiro atoms. The quantitative estimate of drug-likeness (QED) is 0.744. The van der Waals surface area contributed by atoms with E-state index in [2.05, 4.69) is 15.9 Å². The van der Waals surface area contributed by atoms with E-state index in [4.69, 9.17) is 5.11 Å². The zero-order chi connectivity index (χ0) is 9.07. The van der Waals surface area contributed by atoms with Crippen molar-refractivity contribution in [3.05, 3.63) is 0 Å². The van der Waals surface area contributed by atoms with E-state index in [-0.39, 0.29) is 4.83 Å². The van der Waals surface area contributed by atoms with Gasteiger partial charge in [0.15, 0.2) is 0 Å². The van der Waals surface area contributed by atoms with Crippen LogP contribution in [0.4, 0.5) is 0 Å². The Morgan fingerprint density at radius 2 is 1.91 bits per heavy atom. The topological polar surface area (TPSA) is 37.3 Å². The molecule has 0 radical (unpaired) electrons. The second kappa shape index (κ2) is 4.10. The van der Waals surface area contributed by atoms with Crippen molar-refractivity contribution in [3.8, 4) is 0 Å². The van der Waals surface area contributed by atoms with Gasteiger partial charge >= 0.3 is 5.97 Å². The highest BCUT2D eigenvalue weighted by Crippen LogP contribution is 2.35. The molecule has 0 aliphatic carbocycles. The van der Waals surface area contributed by atoms with Crippen molar-refractivity contribution in [2.24, 2.45) is 5.41 Å². The minimum Gasteiger partial charge on any atom is -0.481 e. The van der Waals surface area contributed by atoms with Gasteiger partial charge in [0.05, 0.1) is 5.41 Å². The summed E-state index contributed by atoms with van der Waals surface area (Å²) in [4.78, 5) is 10.9. The molecule has 0 saturated heterocycles. The third-order valence-corrected chi connectivity index (χ3v) is 3.33. The van der Waals surface area contributed by atoms with E-state index in [1.165, 1.54) is 0 Å². The molecule has 0 aromatic carbocycles. The fourth-order valence-electron chi connectivity index (χ4n) is 1.29. The monoisotopic (exact) mass is 222 g/mol. The van der Waals surface area contributed by atoms with Crippen LogP contribution in [0.5, 0.6) is 0 Å². The Morgan fingerprint density at radius 3 is 1.91 bits per heavy atom. The minimum atomic E-state index is -0.702. The van der Waals surface area contributed by atoms with Gasteiger partial charge in [0, 0.05) is 4.83 Å². The predicted molar refractivity (Wildman–Crippen MR) is 49.0 cm³/mol. The van der Waals surface area contributed by atoms with Gasteiger partial charge in [-0.3, -0.25) is 4.79 Å². The molecule has 3 heteroatoms. The van der Waals surface area contributed by atoms with E-state index >= 15 is 0 Å². The number of aliphatic carboxylic acids is 1. The fourth-order valence-corrected chi connectivity index (χ4v) is 2.13. The fraction of sp³-hybridized carbons (Fsp3) is 0.875. The molecule has 0 heterocycles. The number of halogens is 1. The summed E-state index contributed by atoms with van der Waals surface area (Å²) in [7, 11) is 0. The normalized spacial score (nSPS) is 14.5. The molecule has 0 bridgehead atoms. The van der Waals surface area contributed by atoms with Crippen LogP contribution in [0.25, 0.3) is 0 Å². The summed E-state index contributed by atoms with van der Waals surface area (Å²) < 4.78 is 0. The molecular weight excluding hydrogens is 208 g/mol. The van der Waals surface area contributed by atoms with Crippen molar-refractivity contribution >= 4 is 21.9 Å². The first-order valence-electron chi connectivity index (χ1n) is 3.88. The molecule has 0 aromatic rings. The number of alkyl halides is 1. The molecule has 0 saturated carbocycles. The predicted octanol–water partition coefficient (Wildman–Crippen LogP) is 2.66. The van der Waals surface area contributed by atoms with Crippen LogP contribution in [-0.4, -0.2) is 15.9 Å². The molecule has 0 amide bonds. The number of carbonyl (C=O) groups is 1. The van der Waals surface area contributed by atoms with Crippen molar-refractivity contribution in [1.29, 1.82) is 0 Å². The largest absolute Gasteiger partial charge is 0.481 e. The van der Waals surface area contributed by atoms with Crippen LogP contribution in [0.1, 0.15) is 33.6 Å². The van der Waals surface area contributed by atoms with Crippen LogP contribution in [0.15, 0.2) is 0 Å². The highest BCUT2D eigenvalue weighted by Gasteiger charge is 2.38. The minimum absolute atomic E-state index is 0.0301. The van der Waals surface area contributed by atoms with E-state index < -0.39 is 11.4 Å². The first kappa shape index (κ1) is 11.0. The number of rotatable bonds is 4. The second-order valence-electron chi connectivity index (χ2n) is 2.78. The lowest BCUT2D eigenvalue weighted by Gasteiger charge is -2.29. The maximum atomic E-state index is 10.9.